The number of aliphatic carboxylic acids is 1. The zero-order valence-corrected chi connectivity index (χ0v) is 20.5. The van der Waals surface area contributed by atoms with E-state index in [1.165, 1.54) is 33.4 Å². The molecule has 1 heterocycles. The fourth-order valence-corrected chi connectivity index (χ4v) is 5.77. The van der Waals surface area contributed by atoms with Gasteiger partial charge in [0.15, 0.2) is 0 Å². The molecule has 6 nitrogen and oxygen atoms in total. The Morgan fingerprint density at radius 1 is 0.972 bits per heavy atom. The van der Waals surface area contributed by atoms with Gasteiger partial charge in [-0.1, -0.05) is 47.6 Å². The Hall–Kier alpha value is -3.77. The number of rotatable bonds is 6. The molecule has 6 rings (SSSR count). The van der Waals surface area contributed by atoms with Gasteiger partial charge < -0.3 is 14.9 Å². The minimum absolute atomic E-state index is 0.194. The highest BCUT2D eigenvalue weighted by Crippen LogP contribution is 2.38. The largest absolute Gasteiger partial charge is 0.481 e. The molecule has 0 amide bonds. The van der Waals surface area contributed by atoms with Crippen LogP contribution in [0.15, 0.2) is 65.2 Å². The van der Waals surface area contributed by atoms with Gasteiger partial charge in [0.25, 0.3) is 5.89 Å². The summed E-state index contributed by atoms with van der Waals surface area (Å²) in [5, 5.41) is 17.1. The Morgan fingerprint density at radius 3 is 2.44 bits per heavy atom. The van der Waals surface area contributed by atoms with Gasteiger partial charge in [0.05, 0.1) is 5.92 Å². The van der Waals surface area contributed by atoms with Crippen molar-refractivity contribution in [2.45, 2.75) is 51.6 Å². The van der Waals surface area contributed by atoms with Crippen LogP contribution >= 0.6 is 0 Å². The summed E-state index contributed by atoms with van der Waals surface area (Å²) in [5.74, 6) is 0.241. The van der Waals surface area contributed by atoms with Crippen molar-refractivity contribution in [2.75, 3.05) is 0 Å². The van der Waals surface area contributed by atoms with Gasteiger partial charge in [0.1, 0.15) is 0 Å². The summed E-state index contributed by atoms with van der Waals surface area (Å²) in [5.41, 5.74) is 9.26. The Bertz CT molecular complexity index is 1410. The van der Waals surface area contributed by atoms with Crippen molar-refractivity contribution in [3.8, 4) is 34.0 Å². The molecule has 4 aromatic rings. The monoisotopic (exact) mass is 479 g/mol. The molecule has 1 saturated carbocycles. The number of aromatic nitrogens is 2. The van der Waals surface area contributed by atoms with Gasteiger partial charge in [0.2, 0.25) is 5.82 Å². The van der Waals surface area contributed by atoms with E-state index in [0.717, 1.165) is 36.8 Å². The third-order valence-corrected chi connectivity index (χ3v) is 7.67. The van der Waals surface area contributed by atoms with E-state index >= 15 is 0 Å². The highest BCUT2D eigenvalue weighted by atomic mass is 16.5. The molecule has 0 spiro atoms. The van der Waals surface area contributed by atoms with Gasteiger partial charge in [-0.25, -0.2) is 0 Å². The molecule has 0 bridgehead atoms. The van der Waals surface area contributed by atoms with Gasteiger partial charge in [-0.3, -0.25) is 4.79 Å². The predicted molar refractivity (Wildman–Crippen MR) is 138 cm³/mol. The standard InChI is InChI=1S/C30H29N3O3/c1-17-12-22(13-18(2)27(17)19-6-4-3-5-7-19)29-32-28(33-36-29)21-8-10-25-20(14-21)9-11-26(25)31-24-15-23(16-24)30(34)35/h3-8,10,12-14,23-24,26,31H,9,11,15-16H2,1-2H3,(H,34,35). The second kappa shape index (κ2) is 9.03. The summed E-state index contributed by atoms with van der Waals surface area (Å²) in [4.78, 5) is 15.8. The molecule has 1 aromatic heterocycles. The Labute approximate surface area is 210 Å². The number of hydrogen-bond donors (Lipinski definition) is 2. The number of aryl methyl sites for hydroxylation is 3. The number of fused-ring (bicyclic) bond motifs is 1. The maximum absolute atomic E-state index is 11.1. The normalized spacial score (nSPS) is 20.7. The second-order valence-electron chi connectivity index (χ2n) is 10.1. The molecule has 0 saturated heterocycles. The number of hydrogen-bond acceptors (Lipinski definition) is 5. The summed E-state index contributed by atoms with van der Waals surface area (Å²) >= 11 is 0. The van der Waals surface area contributed by atoms with Crippen LogP contribution in [0.3, 0.4) is 0 Å². The summed E-state index contributed by atoms with van der Waals surface area (Å²) in [6.07, 6.45) is 3.45. The van der Waals surface area contributed by atoms with E-state index in [1.54, 1.807) is 0 Å². The Kier molecular flexibility index (Phi) is 5.69. The summed E-state index contributed by atoms with van der Waals surface area (Å²) in [7, 11) is 0. The number of nitrogens with one attached hydrogen (secondary N) is 1. The average Bonchev–Trinajstić information content (AvgIpc) is 3.48. The van der Waals surface area contributed by atoms with Crippen LogP contribution in [-0.2, 0) is 11.2 Å². The minimum atomic E-state index is -0.679. The van der Waals surface area contributed by atoms with E-state index < -0.39 is 5.97 Å². The number of carboxylic acid groups (broad SMARTS) is 1. The fraction of sp³-hybridized carbons (Fsp3) is 0.300. The van der Waals surface area contributed by atoms with Gasteiger partial charge >= 0.3 is 5.97 Å². The molecular weight excluding hydrogens is 450 g/mol. The lowest BCUT2D eigenvalue weighted by Crippen LogP contribution is -2.45. The highest BCUT2D eigenvalue weighted by molar-refractivity contribution is 5.75. The van der Waals surface area contributed by atoms with Crippen LogP contribution in [0.1, 0.15) is 47.6 Å². The average molecular weight is 480 g/mol. The molecule has 0 radical (unpaired) electrons. The number of nitrogens with zero attached hydrogens (tertiary/aromatic N) is 2. The van der Waals surface area contributed by atoms with Gasteiger partial charge in [-0.15, -0.1) is 0 Å². The molecule has 1 unspecified atom stereocenters. The second-order valence-corrected chi connectivity index (χ2v) is 10.1. The van der Waals surface area contributed by atoms with E-state index in [2.05, 4.69) is 78.9 Å². The van der Waals surface area contributed by atoms with Gasteiger partial charge in [-0.2, -0.15) is 4.98 Å². The van der Waals surface area contributed by atoms with Crippen molar-refractivity contribution in [3.63, 3.8) is 0 Å². The molecule has 2 N–H and O–H groups in total. The fourth-order valence-electron chi connectivity index (χ4n) is 5.77. The van der Waals surface area contributed by atoms with Crippen LogP contribution in [-0.4, -0.2) is 27.3 Å². The van der Waals surface area contributed by atoms with Gasteiger partial charge in [-0.05, 0) is 91.1 Å². The number of carbonyl (C=O) groups is 1. The van der Waals surface area contributed by atoms with Crippen molar-refractivity contribution >= 4 is 5.97 Å². The molecule has 36 heavy (non-hydrogen) atoms. The van der Waals surface area contributed by atoms with Crippen molar-refractivity contribution < 1.29 is 14.4 Å². The smallest absolute Gasteiger partial charge is 0.306 e. The highest BCUT2D eigenvalue weighted by Gasteiger charge is 2.36. The SMILES string of the molecule is Cc1cc(-c2nc(-c3ccc4c(c3)CCC4NC3CC(C(=O)O)C3)no2)cc(C)c1-c1ccccc1. The van der Waals surface area contributed by atoms with E-state index in [1.807, 2.05) is 6.07 Å². The zero-order valence-electron chi connectivity index (χ0n) is 20.5. The first kappa shape index (κ1) is 22.7. The summed E-state index contributed by atoms with van der Waals surface area (Å²) in [6, 6.07) is 21.6. The lowest BCUT2D eigenvalue weighted by Gasteiger charge is -2.35. The first-order chi connectivity index (χ1) is 17.5. The first-order valence-corrected chi connectivity index (χ1v) is 12.6. The minimum Gasteiger partial charge on any atom is -0.481 e. The van der Waals surface area contributed by atoms with E-state index in [9.17, 15) is 4.79 Å². The number of carboxylic acids is 1. The summed E-state index contributed by atoms with van der Waals surface area (Å²) < 4.78 is 5.68. The lowest BCUT2D eigenvalue weighted by atomic mass is 9.80. The Morgan fingerprint density at radius 2 is 1.72 bits per heavy atom. The van der Waals surface area contributed by atoms with Crippen molar-refractivity contribution in [2.24, 2.45) is 5.92 Å². The van der Waals surface area contributed by atoms with Crippen molar-refractivity contribution in [1.82, 2.24) is 15.5 Å². The molecule has 0 aliphatic heterocycles. The third kappa shape index (κ3) is 4.11. The Balaban J connectivity index is 1.20. The van der Waals surface area contributed by atoms with Crippen LogP contribution in [0.4, 0.5) is 0 Å². The van der Waals surface area contributed by atoms with Crippen LogP contribution in [0.2, 0.25) is 0 Å². The first-order valence-electron chi connectivity index (χ1n) is 12.6. The van der Waals surface area contributed by atoms with Crippen molar-refractivity contribution in [3.05, 3.63) is 82.9 Å². The van der Waals surface area contributed by atoms with Crippen LogP contribution < -0.4 is 5.32 Å². The van der Waals surface area contributed by atoms with E-state index in [0.29, 0.717) is 17.8 Å². The molecular formula is C30H29N3O3. The van der Waals surface area contributed by atoms with E-state index in [-0.39, 0.29) is 12.0 Å². The van der Waals surface area contributed by atoms with Crippen LogP contribution in [0, 0.1) is 19.8 Å². The number of benzene rings is 3. The molecule has 1 fully saturated rings. The molecule has 182 valence electrons. The maximum Gasteiger partial charge on any atom is 0.306 e. The topological polar surface area (TPSA) is 88.2 Å². The quantitative estimate of drug-likeness (QED) is 0.346. The van der Waals surface area contributed by atoms with Crippen LogP contribution in [0.5, 0.6) is 0 Å². The third-order valence-electron chi connectivity index (χ3n) is 7.67. The zero-order chi connectivity index (χ0) is 24.8. The lowest BCUT2D eigenvalue weighted by molar-refractivity contribution is -0.145. The maximum atomic E-state index is 11.1. The molecule has 3 aromatic carbocycles. The molecule has 6 heteroatoms. The summed E-state index contributed by atoms with van der Waals surface area (Å²) in [6.45, 7) is 4.24. The van der Waals surface area contributed by atoms with Crippen molar-refractivity contribution in [1.29, 1.82) is 0 Å². The van der Waals surface area contributed by atoms with E-state index in [4.69, 9.17) is 14.6 Å². The molecule has 2 aliphatic carbocycles. The van der Waals surface area contributed by atoms with Gasteiger partial charge in [0, 0.05) is 23.2 Å². The molecule has 1 atom stereocenters. The molecule has 2 aliphatic rings. The van der Waals surface area contributed by atoms with Crippen LogP contribution in [0.25, 0.3) is 34.0 Å². The predicted octanol–water partition coefficient (Wildman–Crippen LogP) is 6.13.